The van der Waals surface area contributed by atoms with Crippen molar-refractivity contribution in [3.63, 3.8) is 0 Å². The van der Waals surface area contributed by atoms with E-state index in [2.05, 4.69) is 149 Å². The van der Waals surface area contributed by atoms with Gasteiger partial charge in [-0.25, -0.2) is 0 Å². The third-order valence-corrected chi connectivity index (χ3v) is 6.97. The van der Waals surface area contributed by atoms with E-state index in [1.807, 2.05) is 0 Å². The molecule has 0 N–H and O–H groups in total. The molecule has 0 fully saturated rings. The van der Waals surface area contributed by atoms with Gasteiger partial charge in [0.1, 0.15) is 0 Å². The Hall–Kier alpha value is -1.20. The van der Waals surface area contributed by atoms with Crippen LogP contribution in [0.2, 0.25) is 0 Å². The maximum absolute atomic E-state index is 3.81. The second kappa shape index (κ2) is 8.66. The van der Waals surface area contributed by atoms with E-state index < -0.39 is 0 Å². The molecule has 0 unspecified atom stereocenters. The Kier molecular flexibility index (Phi) is 6.21. The van der Waals surface area contributed by atoms with Crippen LogP contribution in [0.5, 0.6) is 0 Å². The molecular formula is C24H14Br4. The fourth-order valence-electron chi connectivity index (χ4n) is 3.30. The summed E-state index contributed by atoms with van der Waals surface area (Å²) in [7, 11) is 0. The Morgan fingerprint density at radius 3 is 1.11 bits per heavy atom. The van der Waals surface area contributed by atoms with Gasteiger partial charge in [0, 0.05) is 29.0 Å². The van der Waals surface area contributed by atoms with E-state index in [0.29, 0.717) is 0 Å². The summed E-state index contributed by atoms with van der Waals surface area (Å²) in [5, 5.41) is 0. The molecule has 0 bridgehead atoms. The Morgan fingerprint density at radius 1 is 0.393 bits per heavy atom. The van der Waals surface area contributed by atoms with Crippen molar-refractivity contribution in [1.82, 2.24) is 0 Å². The lowest BCUT2D eigenvalue weighted by Gasteiger charge is -2.18. The van der Waals surface area contributed by atoms with Gasteiger partial charge in [0.25, 0.3) is 0 Å². The largest absolute Gasteiger partial charge is 0.0605 e. The molecule has 28 heavy (non-hydrogen) atoms. The van der Waals surface area contributed by atoms with Crippen LogP contribution in [0.1, 0.15) is 0 Å². The fourth-order valence-corrected chi connectivity index (χ4v) is 4.95. The summed E-state index contributed by atoms with van der Waals surface area (Å²) in [5.41, 5.74) is 7.08. The van der Waals surface area contributed by atoms with Crippen molar-refractivity contribution in [2.75, 3.05) is 0 Å². The van der Waals surface area contributed by atoms with Crippen LogP contribution in [0, 0.1) is 0 Å². The van der Waals surface area contributed by atoms with E-state index in [9.17, 15) is 0 Å². The van der Waals surface area contributed by atoms with Crippen LogP contribution in [0.4, 0.5) is 0 Å². The predicted molar refractivity (Wildman–Crippen MR) is 134 cm³/mol. The Morgan fingerprint density at radius 2 is 0.750 bits per heavy atom. The van der Waals surface area contributed by atoms with Gasteiger partial charge in [-0.05, 0) is 58.7 Å². The fraction of sp³-hybridized carbons (Fsp3) is 0. The smallest absolute Gasteiger partial charge is 0.0260 e. The zero-order valence-electron chi connectivity index (χ0n) is 14.6. The molecule has 0 aliphatic rings. The van der Waals surface area contributed by atoms with Crippen LogP contribution in [0.3, 0.4) is 0 Å². The highest BCUT2D eigenvalue weighted by molar-refractivity contribution is 9.11. The van der Waals surface area contributed by atoms with Gasteiger partial charge in [-0.2, -0.15) is 0 Å². The maximum atomic E-state index is 3.81. The molecule has 0 aliphatic carbocycles. The SMILES string of the molecule is Brc1ccc(-c2cccc(Br)c2-c2c(Br)cccc2-c2ccc(Br)cc2)cc1. The van der Waals surface area contributed by atoms with Crippen molar-refractivity contribution >= 4 is 63.7 Å². The van der Waals surface area contributed by atoms with E-state index in [-0.39, 0.29) is 0 Å². The molecule has 0 amide bonds. The van der Waals surface area contributed by atoms with Gasteiger partial charge in [0.05, 0.1) is 0 Å². The van der Waals surface area contributed by atoms with Crippen LogP contribution in [-0.4, -0.2) is 0 Å². The molecule has 0 heterocycles. The summed E-state index contributed by atoms with van der Waals surface area (Å²) in [6.45, 7) is 0. The first-order chi connectivity index (χ1) is 13.5. The molecule has 4 heteroatoms. The first-order valence-electron chi connectivity index (χ1n) is 8.64. The van der Waals surface area contributed by atoms with E-state index in [1.54, 1.807) is 0 Å². The van der Waals surface area contributed by atoms with Crippen molar-refractivity contribution < 1.29 is 0 Å². The van der Waals surface area contributed by atoms with Gasteiger partial charge in [-0.15, -0.1) is 0 Å². The zero-order chi connectivity index (χ0) is 19.7. The van der Waals surface area contributed by atoms with Gasteiger partial charge in [-0.3, -0.25) is 0 Å². The number of hydrogen-bond donors (Lipinski definition) is 0. The molecule has 138 valence electrons. The van der Waals surface area contributed by atoms with Crippen molar-refractivity contribution in [2.45, 2.75) is 0 Å². The summed E-state index contributed by atoms with van der Waals surface area (Å²) >= 11 is 14.7. The molecule has 0 atom stereocenters. The first kappa shape index (κ1) is 20.1. The van der Waals surface area contributed by atoms with Gasteiger partial charge in [-0.1, -0.05) is 112 Å². The van der Waals surface area contributed by atoms with Crippen molar-refractivity contribution in [3.05, 3.63) is 103 Å². The average molecular weight is 622 g/mol. The normalized spacial score (nSPS) is 10.9. The molecule has 4 aromatic carbocycles. The number of halogens is 4. The number of hydrogen-bond acceptors (Lipinski definition) is 0. The van der Waals surface area contributed by atoms with Gasteiger partial charge < -0.3 is 0 Å². The third kappa shape index (κ3) is 4.06. The van der Waals surface area contributed by atoms with Crippen molar-refractivity contribution in [3.8, 4) is 33.4 Å². The van der Waals surface area contributed by atoms with Gasteiger partial charge in [0.15, 0.2) is 0 Å². The lowest BCUT2D eigenvalue weighted by Crippen LogP contribution is -1.92. The summed E-state index contributed by atoms with van der Waals surface area (Å²) in [6, 6.07) is 29.6. The van der Waals surface area contributed by atoms with Crippen LogP contribution in [0.15, 0.2) is 103 Å². The Bertz CT molecular complexity index is 1040. The first-order valence-corrected chi connectivity index (χ1v) is 11.8. The topological polar surface area (TPSA) is 0 Å². The molecule has 0 aromatic heterocycles. The molecule has 4 rings (SSSR count). The molecule has 0 radical (unpaired) electrons. The monoisotopic (exact) mass is 618 g/mol. The summed E-state index contributed by atoms with van der Waals surface area (Å²) in [5.74, 6) is 0. The highest BCUT2D eigenvalue weighted by Crippen LogP contribution is 2.45. The summed E-state index contributed by atoms with van der Waals surface area (Å²) < 4.78 is 4.28. The highest BCUT2D eigenvalue weighted by Gasteiger charge is 2.18. The molecule has 0 saturated heterocycles. The summed E-state index contributed by atoms with van der Waals surface area (Å²) in [6.07, 6.45) is 0. The minimum atomic E-state index is 1.07. The van der Waals surface area contributed by atoms with Crippen LogP contribution < -0.4 is 0 Å². The molecule has 0 spiro atoms. The van der Waals surface area contributed by atoms with E-state index in [4.69, 9.17) is 0 Å². The minimum Gasteiger partial charge on any atom is -0.0605 e. The molecule has 4 aromatic rings. The number of benzene rings is 4. The van der Waals surface area contributed by atoms with Crippen molar-refractivity contribution in [2.24, 2.45) is 0 Å². The van der Waals surface area contributed by atoms with Crippen LogP contribution in [-0.2, 0) is 0 Å². The van der Waals surface area contributed by atoms with E-state index in [1.165, 1.54) is 33.4 Å². The lowest BCUT2D eigenvalue weighted by atomic mass is 9.89. The molecule has 0 saturated carbocycles. The zero-order valence-corrected chi connectivity index (χ0v) is 20.9. The number of rotatable bonds is 3. The summed E-state index contributed by atoms with van der Waals surface area (Å²) in [4.78, 5) is 0. The van der Waals surface area contributed by atoms with E-state index >= 15 is 0 Å². The highest BCUT2D eigenvalue weighted by atomic mass is 79.9. The molecule has 0 nitrogen and oxygen atoms in total. The molecular weight excluding hydrogens is 608 g/mol. The predicted octanol–water partition coefficient (Wildman–Crippen LogP) is 9.74. The van der Waals surface area contributed by atoms with Gasteiger partial charge in [0.2, 0.25) is 0 Å². The van der Waals surface area contributed by atoms with Crippen molar-refractivity contribution in [1.29, 1.82) is 0 Å². The second-order valence-corrected chi connectivity index (χ2v) is 9.88. The second-order valence-electron chi connectivity index (χ2n) is 6.34. The van der Waals surface area contributed by atoms with E-state index in [0.717, 1.165) is 17.9 Å². The quantitative estimate of drug-likeness (QED) is 0.214. The average Bonchev–Trinajstić information content (AvgIpc) is 2.69. The minimum absolute atomic E-state index is 1.07. The maximum Gasteiger partial charge on any atom is 0.0260 e. The standard InChI is InChI=1S/C24H14Br4/c25-17-11-7-15(8-12-17)19-3-1-5-21(27)23(19)24-20(4-2-6-22(24)28)16-9-13-18(26)14-10-16/h1-14H. The lowest BCUT2D eigenvalue weighted by molar-refractivity contribution is 1.51. The Labute approximate surface area is 198 Å². The molecule has 0 aliphatic heterocycles. The third-order valence-electron chi connectivity index (χ3n) is 4.59. The van der Waals surface area contributed by atoms with Gasteiger partial charge >= 0.3 is 0 Å². The Balaban J connectivity index is 2.00. The van der Waals surface area contributed by atoms with Crippen LogP contribution >= 0.6 is 63.7 Å². The van der Waals surface area contributed by atoms with Crippen LogP contribution in [0.25, 0.3) is 33.4 Å².